The van der Waals surface area contributed by atoms with Crippen molar-refractivity contribution in [2.75, 3.05) is 38.5 Å². The number of likely N-dealkylation sites (N-methyl/N-ethyl adjacent to an activating group) is 1. The maximum atomic E-state index is 12.7. The van der Waals surface area contributed by atoms with Gasteiger partial charge in [0.1, 0.15) is 0 Å². The summed E-state index contributed by atoms with van der Waals surface area (Å²) in [6.07, 6.45) is 0. The molecule has 1 amide bonds. The molecule has 0 unspecified atom stereocenters. The Balaban J connectivity index is 1.86. The Kier molecular flexibility index (Phi) is 3.80. The van der Waals surface area contributed by atoms with Crippen molar-refractivity contribution in [1.29, 1.82) is 0 Å². The van der Waals surface area contributed by atoms with Gasteiger partial charge in [-0.1, -0.05) is 31.2 Å². The zero-order valence-electron chi connectivity index (χ0n) is 12.4. The largest absolute Gasteiger partial charge is 0.398 e. The Morgan fingerprint density at radius 3 is 2.33 bits per heavy atom. The molecule has 0 aromatic heterocycles. The summed E-state index contributed by atoms with van der Waals surface area (Å²) in [4.78, 5) is 17.0. The van der Waals surface area contributed by atoms with Gasteiger partial charge >= 0.3 is 0 Å². The molecule has 2 aromatic rings. The van der Waals surface area contributed by atoms with Crippen LogP contribution in [0.2, 0.25) is 0 Å². The molecule has 1 aliphatic heterocycles. The lowest BCUT2D eigenvalue weighted by atomic mass is 10.0. The number of piperazine rings is 1. The molecule has 0 bridgehead atoms. The van der Waals surface area contributed by atoms with E-state index in [9.17, 15) is 4.79 Å². The van der Waals surface area contributed by atoms with E-state index < -0.39 is 0 Å². The van der Waals surface area contributed by atoms with Crippen LogP contribution >= 0.6 is 0 Å². The third-order valence-corrected chi connectivity index (χ3v) is 4.25. The van der Waals surface area contributed by atoms with Gasteiger partial charge in [0.2, 0.25) is 0 Å². The quantitative estimate of drug-likeness (QED) is 0.860. The predicted molar refractivity (Wildman–Crippen MR) is 86.4 cm³/mol. The number of nitrogen functional groups attached to an aromatic ring is 1. The summed E-state index contributed by atoms with van der Waals surface area (Å²) in [7, 11) is 0. The number of hydrogen-bond acceptors (Lipinski definition) is 3. The molecule has 2 N–H and O–H groups in total. The topological polar surface area (TPSA) is 49.6 Å². The van der Waals surface area contributed by atoms with Gasteiger partial charge in [0.25, 0.3) is 5.91 Å². The van der Waals surface area contributed by atoms with Crippen LogP contribution in [0.25, 0.3) is 10.8 Å². The Morgan fingerprint density at radius 1 is 1.10 bits per heavy atom. The second kappa shape index (κ2) is 5.74. The van der Waals surface area contributed by atoms with Crippen LogP contribution in [-0.2, 0) is 0 Å². The van der Waals surface area contributed by atoms with Gasteiger partial charge in [0.15, 0.2) is 0 Å². The summed E-state index contributed by atoms with van der Waals surface area (Å²) >= 11 is 0. The van der Waals surface area contributed by atoms with E-state index in [2.05, 4.69) is 11.8 Å². The minimum Gasteiger partial charge on any atom is -0.398 e. The number of nitrogens with zero attached hydrogens (tertiary/aromatic N) is 2. The lowest BCUT2D eigenvalue weighted by Gasteiger charge is -2.34. The van der Waals surface area contributed by atoms with E-state index in [1.807, 2.05) is 41.3 Å². The van der Waals surface area contributed by atoms with Crippen LogP contribution < -0.4 is 5.73 Å². The fourth-order valence-corrected chi connectivity index (χ4v) is 2.88. The molecule has 0 saturated carbocycles. The lowest BCUT2D eigenvalue weighted by Crippen LogP contribution is -2.48. The Hall–Kier alpha value is -2.07. The first-order valence-electron chi connectivity index (χ1n) is 7.49. The van der Waals surface area contributed by atoms with Gasteiger partial charge < -0.3 is 15.5 Å². The summed E-state index contributed by atoms with van der Waals surface area (Å²) < 4.78 is 0. The van der Waals surface area contributed by atoms with Crippen LogP contribution in [0.1, 0.15) is 17.3 Å². The molecule has 3 rings (SSSR count). The number of hydrogen-bond donors (Lipinski definition) is 1. The van der Waals surface area contributed by atoms with Crippen LogP contribution in [0.5, 0.6) is 0 Å². The molecule has 21 heavy (non-hydrogen) atoms. The molecule has 0 radical (unpaired) electrons. The number of fused-ring (bicyclic) bond motifs is 1. The molecule has 1 saturated heterocycles. The van der Waals surface area contributed by atoms with Gasteiger partial charge in [-0.2, -0.15) is 0 Å². The van der Waals surface area contributed by atoms with Crippen LogP contribution in [0.15, 0.2) is 36.4 Å². The molecule has 110 valence electrons. The van der Waals surface area contributed by atoms with Crippen molar-refractivity contribution < 1.29 is 4.79 Å². The van der Waals surface area contributed by atoms with Crippen molar-refractivity contribution in [2.24, 2.45) is 0 Å². The van der Waals surface area contributed by atoms with Gasteiger partial charge in [-0.15, -0.1) is 0 Å². The third-order valence-electron chi connectivity index (χ3n) is 4.25. The predicted octanol–water partition coefficient (Wildman–Crippen LogP) is 2.20. The van der Waals surface area contributed by atoms with Crippen LogP contribution in [-0.4, -0.2) is 48.4 Å². The Morgan fingerprint density at radius 2 is 1.71 bits per heavy atom. The second-order valence-electron chi connectivity index (χ2n) is 5.51. The van der Waals surface area contributed by atoms with Crippen molar-refractivity contribution >= 4 is 22.4 Å². The SMILES string of the molecule is CCN1CCN(C(=O)c2cc3ccccc3cc2N)CC1. The first-order valence-corrected chi connectivity index (χ1v) is 7.49. The van der Waals surface area contributed by atoms with Crippen molar-refractivity contribution in [3.8, 4) is 0 Å². The summed E-state index contributed by atoms with van der Waals surface area (Å²) in [6, 6.07) is 11.8. The normalized spacial score (nSPS) is 16.3. The highest BCUT2D eigenvalue weighted by Crippen LogP contribution is 2.23. The second-order valence-corrected chi connectivity index (χ2v) is 5.51. The molecule has 0 aliphatic carbocycles. The number of carbonyl (C=O) groups is 1. The zero-order valence-corrected chi connectivity index (χ0v) is 12.4. The first-order chi connectivity index (χ1) is 10.2. The van der Waals surface area contributed by atoms with E-state index in [4.69, 9.17) is 5.73 Å². The average molecular weight is 283 g/mol. The molecule has 2 aromatic carbocycles. The molecule has 1 fully saturated rings. The van der Waals surface area contributed by atoms with Crippen LogP contribution in [0, 0.1) is 0 Å². The van der Waals surface area contributed by atoms with E-state index in [1.165, 1.54) is 0 Å². The molecule has 1 aliphatic rings. The van der Waals surface area contributed by atoms with E-state index >= 15 is 0 Å². The van der Waals surface area contributed by atoms with E-state index in [-0.39, 0.29) is 5.91 Å². The molecule has 1 heterocycles. The standard InChI is InChI=1S/C17H21N3O/c1-2-19-7-9-20(10-8-19)17(21)15-11-13-5-3-4-6-14(13)12-16(15)18/h3-6,11-12H,2,7-10,18H2,1H3. The number of benzene rings is 2. The summed E-state index contributed by atoms with van der Waals surface area (Å²) in [5.74, 6) is 0.0500. The third kappa shape index (κ3) is 2.72. The van der Waals surface area contributed by atoms with Gasteiger partial charge in [-0.05, 0) is 29.4 Å². The van der Waals surface area contributed by atoms with Gasteiger partial charge in [0.05, 0.1) is 5.56 Å². The molecular weight excluding hydrogens is 262 g/mol. The lowest BCUT2D eigenvalue weighted by molar-refractivity contribution is 0.0644. The van der Waals surface area contributed by atoms with Crippen molar-refractivity contribution in [3.05, 3.63) is 42.0 Å². The van der Waals surface area contributed by atoms with Gasteiger partial charge in [0, 0.05) is 31.9 Å². The highest BCUT2D eigenvalue weighted by Gasteiger charge is 2.22. The minimum atomic E-state index is 0.0500. The van der Waals surface area contributed by atoms with Crippen molar-refractivity contribution in [3.63, 3.8) is 0 Å². The molecule has 4 nitrogen and oxygen atoms in total. The number of rotatable bonds is 2. The Labute approximate surface area is 125 Å². The monoisotopic (exact) mass is 283 g/mol. The Bertz CT molecular complexity index is 660. The van der Waals surface area contributed by atoms with E-state index in [0.717, 1.165) is 43.5 Å². The van der Waals surface area contributed by atoms with E-state index in [0.29, 0.717) is 11.3 Å². The smallest absolute Gasteiger partial charge is 0.256 e. The fraction of sp³-hybridized carbons (Fsp3) is 0.353. The number of anilines is 1. The van der Waals surface area contributed by atoms with Gasteiger partial charge in [-0.3, -0.25) is 4.79 Å². The minimum absolute atomic E-state index is 0.0500. The molecule has 0 spiro atoms. The summed E-state index contributed by atoms with van der Waals surface area (Å²) in [5, 5.41) is 2.13. The molecule has 0 atom stereocenters. The number of carbonyl (C=O) groups excluding carboxylic acids is 1. The number of nitrogens with two attached hydrogens (primary N) is 1. The van der Waals surface area contributed by atoms with Crippen molar-refractivity contribution in [2.45, 2.75) is 6.92 Å². The highest BCUT2D eigenvalue weighted by molar-refractivity contribution is 6.03. The molecule has 4 heteroatoms. The van der Waals surface area contributed by atoms with Gasteiger partial charge in [-0.25, -0.2) is 0 Å². The highest BCUT2D eigenvalue weighted by atomic mass is 16.2. The number of amides is 1. The maximum absolute atomic E-state index is 12.7. The summed E-state index contributed by atoms with van der Waals surface area (Å²) in [6.45, 7) is 6.63. The summed E-state index contributed by atoms with van der Waals surface area (Å²) in [5.41, 5.74) is 7.28. The maximum Gasteiger partial charge on any atom is 0.256 e. The first kappa shape index (κ1) is 13.9. The van der Waals surface area contributed by atoms with Crippen LogP contribution in [0.3, 0.4) is 0 Å². The zero-order chi connectivity index (χ0) is 14.8. The fourth-order valence-electron chi connectivity index (χ4n) is 2.88. The van der Waals surface area contributed by atoms with Crippen LogP contribution in [0.4, 0.5) is 5.69 Å². The van der Waals surface area contributed by atoms with E-state index in [1.54, 1.807) is 0 Å². The van der Waals surface area contributed by atoms with Crippen molar-refractivity contribution in [1.82, 2.24) is 9.80 Å². The molecular formula is C17H21N3O. The average Bonchev–Trinajstić information content (AvgIpc) is 2.53.